The van der Waals surface area contributed by atoms with Crippen LogP contribution >= 0.6 is 0 Å². The molecule has 3 nitrogen and oxygen atoms in total. The Labute approximate surface area is 76.0 Å². The second kappa shape index (κ2) is 3.76. The molecule has 3 heteroatoms. The predicted octanol–water partition coefficient (Wildman–Crippen LogP) is 0.781. The highest BCUT2D eigenvalue weighted by atomic mass is 16.4. The lowest BCUT2D eigenvalue weighted by Gasteiger charge is -2.07. The van der Waals surface area contributed by atoms with Crippen molar-refractivity contribution in [3.63, 3.8) is 0 Å². The smallest absolute Gasteiger partial charge is 0.335 e. The van der Waals surface area contributed by atoms with E-state index in [1.165, 1.54) is 0 Å². The highest BCUT2D eigenvalue weighted by molar-refractivity contribution is 6.15. The van der Waals surface area contributed by atoms with Crippen molar-refractivity contribution in [3.05, 3.63) is 41.7 Å². The molecule has 0 saturated carbocycles. The van der Waals surface area contributed by atoms with Crippen LogP contribution < -0.4 is 5.11 Å². The zero-order valence-corrected chi connectivity index (χ0v) is 7.15. The minimum absolute atomic E-state index is 0.196. The van der Waals surface area contributed by atoms with Crippen molar-refractivity contribution in [2.24, 2.45) is 0 Å². The van der Waals surface area contributed by atoms with Crippen LogP contribution in [0.25, 0.3) is 5.57 Å². The molecule has 68 valence electrons. The zero-order chi connectivity index (χ0) is 9.84. The number of hydrogen-bond donors (Lipinski definition) is 1. The lowest BCUT2D eigenvalue weighted by molar-refractivity contribution is -0.273. The van der Waals surface area contributed by atoms with Crippen molar-refractivity contribution in [2.45, 2.75) is 6.92 Å². The van der Waals surface area contributed by atoms with Crippen LogP contribution in [-0.4, -0.2) is 11.1 Å². The predicted molar refractivity (Wildman–Crippen MR) is 46.8 cm³/mol. The third-order valence-electron chi connectivity index (χ3n) is 1.78. The first-order valence-electron chi connectivity index (χ1n) is 3.78. The average Bonchev–Trinajstić information content (AvgIpc) is 2.09. The molecule has 1 N–H and O–H groups in total. The summed E-state index contributed by atoms with van der Waals surface area (Å²) in [7, 11) is 0. The van der Waals surface area contributed by atoms with E-state index in [9.17, 15) is 9.90 Å². The van der Waals surface area contributed by atoms with Gasteiger partial charge in [-0.15, -0.1) is 6.26 Å². The quantitative estimate of drug-likeness (QED) is 0.536. The van der Waals surface area contributed by atoms with E-state index in [0.717, 1.165) is 5.56 Å². The molecule has 0 aromatic heterocycles. The van der Waals surface area contributed by atoms with Gasteiger partial charge in [-0.2, -0.15) is 0 Å². The molecule has 0 spiro atoms. The first-order valence-corrected chi connectivity index (χ1v) is 3.78. The van der Waals surface area contributed by atoms with Gasteiger partial charge in [0.1, 0.15) is 0 Å². The maximum absolute atomic E-state index is 10.6. The van der Waals surface area contributed by atoms with Gasteiger partial charge in [-0.05, 0) is 18.1 Å². The van der Waals surface area contributed by atoms with E-state index < -0.39 is 5.97 Å². The average molecular weight is 177 g/mol. The molecule has 13 heavy (non-hydrogen) atoms. The molecule has 1 rings (SSSR count). The van der Waals surface area contributed by atoms with E-state index in [1.54, 1.807) is 31.2 Å². The molecule has 0 radical (unpaired) electrons. The van der Waals surface area contributed by atoms with Gasteiger partial charge < -0.3 is 10.2 Å². The molecule has 0 bridgehead atoms. The molecule has 0 amide bonds. The fourth-order valence-electron chi connectivity index (χ4n) is 1.10. The summed E-state index contributed by atoms with van der Waals surface area (Å²) in [4.78, 5) is 10.6. The molecule has 0 aliphatic rings. The highest BCUT2D eigenvalue weighted by Gasteiger charge is 2.08. The molecule has 0 aliphatic heterocycles. The Bertz CT molecular complexity index is 353. The number of carboxylic acid groups (broad SMARTS) is 1. The van der Waals surface area contributed by atoms with Gasteiger partial charge in [0.25, 0.3) is 0 Å². The van der Waals surface area contributed by atoms with Crippen LogP contribution in [0.4, 0.5) is 0 Å². The third-order valence-corrected chi connectivity index (χ3v) is 1.78. The Kier molecular flexibility index (Phi) is 2.69. The molecule has 1 aromatic rings. The number of carbonyl (C=O) groups is 1. The fourth-order valence-corrected chi connectivity index (χ4v) is 1.10. The Hall–Kier alpha value is -1.77. The molecule has 0 atom stereocenters. The van der Waals surface area contributed by atoms with Crippen molar-refractivity contribution >= 4 is 11.5 Å². The van der Waals surface area contributed by atoms with E-state index in [1.807, 2.05) is 0 Å². The first-order chi connectivity index (χ1) is 6.16. The third kappa shape index (κ3) is 1.87. The molecule has 0 fully saturated rings. The molecular weight excluding hydrogens is 168 g/mol. The van der Waals surface area contributed by atoms with Gasteiger partial charge in [0, 0.05) is 0 Å². The Balaban J connectivity index is 3.21. The minimum Gasteiger partial charge on any atom is -0.877 e. The summed E-state index contributed by atoms with van der Waals surface area (Å²) in [5.41, 5.74) is 1.06. The number of hydrogen-bond acceptors (Lipinski definition) is 2. The minimum atomic E-state index is -1.19. The molecule has 0 heterocycles. The van der Waals surface area contributed by atoms with Crippen LogP contribution in [0, 0.1) is 6.92 Å². The van der Waals surface area contributed by atoms with Gasteiger partial charge >= 0.3 is 5.97 Å². The topological polar surface area (TPSA) is 60.4 Å². The van der Waals surface area contributed by atoms with Crippen molar-refractivity contribution in [1.29, 1.82) is 0 Å². The monoisotopic (exact) mass is 177 g/mol. The van der Waals surface area contributed by atoms with E-state index >= 15 is 0 Å². The van der Waals surface area contributed by atoms with Crippen LogP contribution in [0.2, 0.25) is 0 Å². The lowest BCUT2D eigenvalue weighted by atomic mass is 10.0. The van der Waals surface area contributed by atoms with Gasteiger partial charge in [-0.1, -0.05) is 24.3 Å². The Morgan fingerprint density at radius 1 is 1.46 bits per heavy atom. The Morgan fingerprint density at radius 2 is 2.08 bits per heavy atom. The Morgan fingerprint density at radius 3 is 2.54 bits per heavy atom. The maximum Gasteiger partial charge on any atom is 0.335 e. The van der Waals surface area contributed by atoms with Crippen molar-refractivity contribution in [2.75, 3.05) is 0 Å². The molecule has 0 saturated heterocycles. The van der Waals surface area contributed by atoms with Gasteiger partial charge in [0.2, 0.25) is 0 Å². The van der Waals surface area contributed by atoms with Crippen LogP contribution in [0.5, 0.6) is 0 Å². The number of aliphatic carboxylic acids is 1. The number of rotatable bonds is 2. The first kappa shape index (κ1) is 9.32. The summed E-state index contributed by atoms with van der Waals surface area (Å²) < 4.78 is 0. The number of aryl methyl sites for hydroxylation is 1. The maximum atomic E-state index is 10.6. The fraction of sp³-hybridized carbons (Fsp3) is 0.100. The van der Waals surface area contributed by atoms with E-state index in [2.05, 4.69) is 0 Å². The molecule has 0 unspecified atom stereocenters. The van der Waals surface area contributed by atoms with E-state index in [4.69, 9.17) is 5.11 Å². The van der Waals surface area contributed by atoms with Crippen LogP contribution in [-0.2, 0) is 4.79 Å². The summed E-state index contributed by atoms with van der Waals surface area (Å²) in [6.45, 7) is 1.77. The summed E-state index contributed by atoms with van der Waals surface area (Å²) in [6.07, 6.45) is 0.366. The zero-order valence-electron chi connectivity index (χ0n) is 7.15. The van der Waals surface area contributed by atoms with Crippen molar-refractivity contribution < 1.29 is 15.0 Å². The van der Waals surface area contributed by atoms with Gasteiger partial charge in [-0.3, -0.25) is 0 Å². The number of benzene rings is 1. The van der Waals surface area contributed by atoms with Crippen molar-refractivity contribution in [3.8, 4) is 0 Å². The molecule has 0 aliphatic carbocycles. The SMILES string of the molecule is Cc1ccccc1/C(=C/[O-])C(=O)O. The second-order valence-corrected chi connectivity index (χ2v) is 2.65. The highest BCUT2D eigenvalue weighted by Crippen LogP contribution is 2.17. The van der Waals surface area contributed by atoms with Crippen molar-refractivity contribution in [1.82, 2.24) is 0 Å². The largest absolute Gasteiger partial charge is 0.877 e. The van der Waals surface area contributed by atoms with Gasteiger partial charge in [0.15, 0.2) is 0 Å². The lowest BCUT2D eigenvalue weighted by Crippen LogP contribution is -2.05. The van der Waals surface area contributed by atoms with Gasteiger partial charge in [-0.25, -0.2) is 4.79 Å². The van der Waals surface area contributed by atoms with E-state index in [0.29, 0.717) is 11.8 Å². The van der Waals surface area contributed by atoms with Crippen LogP contribution in [0.15, 0.2) is 30.5 Å². The van der Waals surface area contributed by atoms with Gasteiger partial charge in [0.05, 0.1) is 5.57 Å². The summed E-state index contributed by atoms with van der Waals surface area (Å²) in [6, 6.07) is 6.88. The molecule has 1 aromatic carbocycles. The summed E-state index contributed by atoms with van der Waals surface area (Å²) in [5, 5.41) is 19.2. The second-order valence-electron chi connectivity index (χ2n) is 2.65. The molecular formula is C10H9O3-. The van der Waals surface area contributed by atoms with Crippen LogP contribution in [0.3, 0.4) is 0 Å². The normalized spacial score (nSPS) is 11.3. The van der Waals surface area contributed by atoms with E-state index in [-0.39, 0.29) is 5.57 Å². The number of carboxylic acids is 1. The summed E-state index contributed by atoms with van der Waals surface area (Å²) >= 11 is 0. The van der Waals surface area contributed by atoms with Crippen LogP contribution in [0.1, 0.15) is 11.1 Å². The standard InChI is InChI=1S/C10H10O3/c1-7-4-2-3-5-8(7)9(6-11)10(12)13/h2-6,11H,1H3,(H,12,13)/p-1/b9-6-. The summed E-state index contributed by atoms with van der Waals surface area (Å²) in [5.74, 6) is -1.19.